The molecule has 1 rings (SSSR count). The van der Waals surface area contributed by atoms with E-state index in [1.54, 1.807) is 32.0 Å². The molecule has 0 aromatic heterocycles. The second-order valence-corrected chi connectivity index (χ2v) is 5.25. The maximum Gasteiger partial charge on any atom is 0.307 e. The molecular formula is C15H20ClNO4. The maximum absolute atomic E-state index is 11.6. The van der Waals surface area contributed by atoms with Crippen LogP contribution in [0.5, 0.6) is 5.75 Å². The third-order valence-electron chi connectivity index (χ3n) is 2.52. The minimum absolute atomic E-state index is 0.111. The zero-order valence-corrected chi connectivity index (χ0v) is 13.2. The molecule has 6 heteroatoms. The van der Waals surface area contributed by atoms with Gasteiger partial charge in [-0.2, -0.15) is 0 Å². The Bertz CT molecular complexity index is 502. The molecule has 116 valence electrons. The quantitative estimate of drug-likeness (QED) is 0.785. The number of hydrogen-bond donors (Lipinski definition) is 1. The van der Waals surface area contributed by atoms with Gasteiger partial charge in [-0.1, -0.05) is 11.6 Å². The van der Waals surface area contributed by atoms with E-state index < -0.39 is 0 Å². The van der Waals surface area contributed by atoms with Crippen LogP contribution in [0.15, 0.2) is 18.2 Å². The number of hydrogen-bond acceptors (Lipinski definition) is 4. The summed E-state index contributed by atoms with van der Waals surface area (Å²) in [7, 11) is 0. The summed E-state index contributed by atoms with van der Waals surface area (Å²) >= 11 is 5.90. The summed E-state index contributed by atoms with van der Waals surface area (Å²) in [5.74, 6) is -0.0502. The zero-order chi connectivity index (χ0) is 15.8. The van der Waals surface area contributed by atoms with Gasteiger partial charge in [0.05, 0.1) is 12.5 Å². The molecule has 0 saturated carbocycles. The van der Waals surface area contributed by atoms with E-state index in [9.17, 15) is 9.59 Å². The van der Waals surface area contributed by atoms with Crippen LogP contribution in [-0.4, -0.2) is 31.1 Å². The fourth-order valence-corrected chi connectivity index (χ4v) is 1.65. The Hall–Kier alpha value is -1.75. The van der Waals surface area contributed by atoms with Crippen molar-refractivity contribution in [2.75, 3.05) is 13.2 Å². The monoisotopic (exact) mass is 313 g/mol. The number of ether oxygens (including phenoxy) is 2. The molecule has 21 heavy (non-hydrogen) atoms. The highest BCUT2D eigenvalue weighted by atomic mass is 35.5. The molecule has 1 N–H and O–H groups in total. The third-order valence-corrected chi connectivity index (χ3v) is 2.94. The predicted molar refractivity (Wildman–Crippen MR) is 80.5 cm³/mol. The first-order valence-corrected chi connectivity index (χ1v) is 7.11. The highest BCUT2D eigenvalue weighted by molar-refractivity contribution is 6.31. The fourth-order valence-electron chi connectivity index (χ4n) is 1.53. The minimum atomic E-state index is -0.334. The summed E-state index contributed by atoms with van der Waals surface area (Å²) in [6.07, 6.45) is -0.00561. The Kier molecular flexibility index (Phi) is 7.02. The third kappa shape index (κ3) is 6.99. The molecule has 0 bridgehead atoms. The average molecular weight is 314 g/mol. The number of esters is 1. The van der Waals surface area contributed by atoms with E-state index in [0.29, 0.717) is 10.8 Å². The lowest BCUT2D eigenvalue weighted by Crippen LogP contribution is -2.31. The number of aryl methyl sites for hydroxylation is 1. The smallest absolute Gasteiger partial charge is 0.307 e. The van der Waals surface area contributed by atoms with Gasteiger partial charge >= 0.3 is 5.97 Å². The summed E-state index contributed by atoms with van der Waals surface area (Å²) in [5.41, 5.74) is 0.881. The van der Waals surface area contributed by atoms with Crippen LogP contribution in [0.2, 0.25) is 5.02 Å². The molecule has 0 atom stereocenters. The molecule has 0 radical (unpaired) electrons. The Balaban J connectivity index is 2.25. The topological polar surface area (TPSA) is 64.6 Å². The van der Waals surface area contributed by atoms with Gasteiger partial charge in [0.1, 0.15) is 5.75 Å². The number of amides is 1. The van der Waals surface area contributed by atoms with Gasteiger partial charge in [0.15, 0.2) is 6.61 Å². The van der Waals surface area contributed by atoms with Crippen molar-refractivity contribution < 1.29 is 19.1 Å². The number of carbonyl (C=O) groups is 2. The molecule has 0 aliphatic carbocycles. The minimum Gasteiger partial charge on any atom is -0.484 e. The molecule has 5 nitrogen and oxygen atoms in total. The SMILES string of the molecule is Cc1cc(OCC(=O)NCCC(=O)OC(C)C)ccc1Cl. The van der Waals surface area contributed by atoms with Gasteiger partial charge in [-0.25, -0.2) is 0 Å². The van der Waals surface area contributed by atoms with E-state index in [1.807, 2.05) is 6.92 Å². The molecular weight excluding hydrogens is 294 g/mol. The Morgan fingerprint density at radius 2 is 2.05 bits per heavy atom. The normalized spacial score (nSPS) is 10.3. The molecule has 0 aliphatic rings. The van der Waals surface area contributed by atoms with Gasteiger partial charge in [0.25, 0.3) is 5.91 Å². The number of carbonyl (C=O) groups excluding carboxylic acids is 2. The number of rotatable bonds is 7. The zero-order valence-electron chi connectivity index (χ0n) is 12.4. The summed E-state index contributed by atoms with van der Waals surface area (Å²) in [4.78, 5) is 22.8. The molecule has 1 aromatic rings. The van der Waals surface area contributed by atoms with Crippen molar-refractivity contribution in [2.24, 2.45) is 0 Å². The van der Waals surface area contributed by atoms with E-state index >= 15 is 0 Å². The van der Waals surface area contributed by atoms with Gasteiger partial charge in [-0.15, -0.1) is 0 Å². The maximum atomic E-state index is 11.6. The lowest BCUT2D eigenvalue weighted by atomic mass is 10.2. The Morgan fingerprint density at radius 1 is 1.33 bits per heavy atom. The van der Waals surface area contributed by atoms with Crippen molar-refractivity contribution in [3.05, 3.63) is 28.8 Å². The van der Waals surface area contributed by atoms with Crippen LogP contribution in [-0.2, 0) is 14.3 Å². The highest BCUT2D eigenvalue weighted by Crippen LogP contribution is 2.20. The molecule has 0 saturated heterocycles. The Morgan fingerprint density at radius 3 is 2.67 bits per heavy atom. The number of benzene rings is 1. The van der Waals surface area contributed by atoms with Crippen molar-refractivity contribution in [1.82, 2.24) is 5.32 Å². The van der Waals surface area contributed by atoms with Gasteiger partial charge < -0.3 is 14.8 Å². The van der Waals surface area contributed by atoms with Crippen LogP contribution in [0.4, 0.5) is 0 Å². The summed E-state index contributed by atoms with van der Waals surface area (Å²) in [6.45, 7) is 5.53. The lowest BCUT2D eigenvalue weighted by Gasteiger charge is -2.09. The van der Waals surface area contributed by atoms with Crippen molar-refractivity contribution in [3.63, 3.8) is 0 Å². The first-order chi connectivity index (χ1) is 9.88. The van der Waals surface area contributed by atoms with E-state index in [-0.39, 0.29) is 37.6 Å². The molecule has 0 spiro atoms. The van der Waals surface area contributed by atoms with Gasteiger partial charge in [-0.05, 0) is 44.5 Å². The van der Waals surface area contributed by atoms with Crippen LogP contribution >= 0.6 is 11.6 Å². The second kappa shape index (κ2) is 8.52. The number of nitrogens with one attached hydrogen (secondary N) is 1. The molecule has 0 aliphatic heterocycles. The second-order valence-electron chi connectivity index (χ2n) is 4.84. The van der Waals surface area contributed by atoms with E-state index in [4.69, 9.17) is 21.1 Å². The van der Waals surface area contributed by atoms with Crippen molar-refractivity contribution in [2.45, 2.75) is 33.3 Å². The largest absolute Gasteiger partial charge is 0.484 e. The van der Waals surface area contributed by atoms with Crippen molar-refractivity contribution >= 4 is 23.5 Å². The fraction of sp³-hybridized carbons (Fsp3) is 0.467. The van der Waals surface area contributed by atoms with Crippen molar-refractivity contribution in [3.8, 4) is 5.75 Å². The van der Waals surface area contributed by atoms with Crippen LogP contribution < -0.4 is 10.1 Å². The highest BCUT2D eigenvalue weighted by Gasteiger charge is 2.07. The number of halogens is 1. The van der Waals surface area contributed by atoms with Crippen LogP contribution in [0.3, 0.4) is 0 Å². The van der Waals surface area contributed by atoms with Crippen LogP contribution in [0, 0.1) is 6.92 Å². The van der Waals surface area contributed by atoms with Gasteiger partial charge in [0.2, 0.25) is 0 Å². The summed E-state index contributed by atoms with van der Waals surface area (Å²) in [6, 6.07) is 5.17. The first kappa shape index (κ1) is 17.3. The molecule has 1 amide bonds. The summed E-state index contributed by atoms with van der Waals surface area (Å²) in [5, 5.41) is 3.24. The molecule has 0 heterocycles. The molecule has 0 unspecified atom stereocenters. The Labute approximate surface area is 129 Å². The van der Waals surface area contributed by atoms with E-state index in [1.165, 1.54) is 0 Å². The van der Waals surface area contributed by atoms with Crippen LogP contribution in [0.1, 0.15) is 25.8 Å². The standard InChI is InChI=1S/C15H20ClNO4/c1-10(2)21-15(19)6-7-17-14(18)9-20-12-4-5-13(16)11(3)8-12/h4-5,8,10H,6-7,9H2,1-3H3,(H,17,18). The van der Waals surface area contributed by atoms with Crippen LogP contribution in [0.25, 0.3) is 0 Å². The summed E-state index contributed by atoms with van der Waals surface area (Å²) < 4.78 is 10.3. The van der Waals surface area contributed by atoms with Crippen molar-refractivity contribution in [1.29, 1.82) is 0 Å². The lowest BCUT2D eigenvalue weighted by molar-refractivity contribution is -0.147. The van der Waals surface area contributed by atoms with E-state index in [0.717, 1.165) is 5.56 Å². The van der Waals surface area contributed by atoms with E-state index in [2.05, 4.69) is 5.32 Å². The first-order valence-electron chi connectivity index (χ1n) is 6.73. The molecule has 0 fully saturated rings. The average Bonchev–Trinajstić information content (AvgIpc) is 2.39. The molecule has 1 aromatic carbocycles. The van der Waals surface area contributed by atoms with Gasteiger partial charge in [-0.3, -0.25) is 9.59 Å². The van der Waals surface area contributed by atoms with Gasteiger partial charge in [0, 0.05) is 11.6 Å². The predicted octanol–water partition coefficient (Wildman–Crippen LogP) is 2.49.